The number of fused-ring (bicyclic) bond motifs is 1. The molecular formula is C17H17Cl2FO4. The van der Waals surface area contributed by atoms with E-state index in [1.807, 2.05) is 0 Å². The van der Waals surface area contributed by atoms with Crippen LogP contribution in [-0.4, -0.2) is 36.1 Å². The first kappa shape index (κ1) is 17.5. The maximum atomic E-state index is 14.0. The molecule has 1 aromatic rings. The van der Waals surface area contributed by atoms with Crippen molar-refractivity contribution in [2.75, 3.05) is 6.61 Å². The second kappa shape index (κ2) is 7.30. The van der Waals surface area contributed by atoms with Crippen molar-refractivity contribution in [1.82, 2.24) is 0 Å². The van der Waals surface area contributed by atoms with Gasteiger partial charge in [0, 0.05) is 28.3 Å². The van der Waals surface area contributed by atoms with Gasteiger partial charge >= 0.3 is 5.97 Å². The Morgan fingerprint density at radius 1 is 1.38 bits per heavy atom. The molecule has 1 aliphatic carbocycles. The van der Waals surface area contributed by atoms with Crippen molar-refractivity contribution in [3.63, 3.8) is 0 Å². The van der Waals surface area contributed by atoms with Gasteiger partial charge in [-0.2, -0.15) is 0 Å². The summed E-state index contributed by atoms with van der Waals surface area (Å²) in [5, 5.41) is 10.9. The lowest BCUT2D eigenvalue weighted by Gasteiger charge is -2.15. The average Bonchev–Trinajstić information content (AvgIpc) is 2.97. The molecule has 2 fully saturated rings. The number of hydrogen-bond acceptors (Lipinski definition) is 4. The maximum Gasteiger partial charge on any atom is 0.306 e. The van der Waals surface area contributed by atoms with Gasteiger partial charge in [-0.1, -0.05) is 35.4 Å². The summed E-state index contributed by atoms with van der Waals surface area (Å²) < 4.78 is 24.5. The number of aliphatic hydroxyl groups excluding tert-OH is 1. The molecule has 2 aliphatic rings. The van der Waals surface area contributed by atoms with Crippen LogP contribution >= 0.6 is 23.2 Å². The summed E-state index contributed by atoms with van der Waals surface area (Å²) in [6.07, 6.45) is 1.41. The zero-order valence-corrected chi connectivity index (χ0v) is 14.2. The van der Waals surface area contributed by atoms with Gasteiger partial charge < -0.3 is 14.6 Å². The average molecular weight is 375 g/mol. The predicted molar refractivity (Wildman–Crippen MR) is 88.1 cm³/mol. The number of carbonyl (C=O) groups is 1. The number of benzene rings is 1. The summed E-state index contributed by atoms with van der Waals surface area (Å²) in [5.41, 5.74) is 0. The molecule has 1 saturated heterocycles. The van der Waals surface area contributed by atoms with E-state index in [0.29, 0.717) is 22.2 Å². The third kappa shape index (κ3) is 4.02. The van der Waals surface area contributed by atoms with E-state index in [9.17, 15) is 14.3 Å². The summed E-state index contributed by atoms with van der Waals surface area (Å²) in [6, 6.07) is 4.67. The first-order valence-corrected chi connectivity index (χ1v) is 8.47. The van der Waals surface area contributed by atoms with Crippen LogP contribution in [-0.2, 0) is 9.53 Å². The van der Waals surface area contributed by atoms with Gasteiger partial charge in [0.2, 0.25) is 0 Å². The molecule has 5 atom stereocenters. The van der Waals surface area contributed by atoms with Gasteiger partial charge in [-0.05, 0) is 18.2 Å². The first-order valence-electron chi connectivity index (χ1n) is 7.71. The van der Waals surface area contributed by atoms with E-state index in [0.717, 1.165) is 0 Å². The fourth-order valence-electron chi connectivity index (χ4n) is 3.28. The van der Waals surface area contributed by atoms with Gasteiger partial charge in [0.05, 0.1) is 12.5 Å². The highest BCUT2D eigenvalue weighted by Gasteiger charge is 2.48. The number of esters is 1. The molecule has 3 rings (SSSR count). The summed E-state index contributed by atoms with van der Waals surface area (Å²) in [6.45, 7) is -0.195. The molecule has 0 spiro atoms. The van der Waals surface area contributed by atoms with Crippen molar-refractivity contribution < 1.29 is 23.8 Å². The van der Waals surface area contributed by atoms with Crippen LogP contribution in [0.15, 0.2) is 30.4 Å². The smallest absolute Gasteiger partial charge is 0.306 e. The fraction of sp³-hybridized carbons (Fsp3) is 0.471. The molecule has 1 saturated carbocycles. The van der Waals surface area contributed by atoms with Crippen molar-refractivity contribution in [3.05, 3.63) is 40.4 Å². The van der Waals surface area contributed by atoms with E-state index >= 15 is 0 Å². The van der Waals surface area contributed by atoms with Gasteiger partial charge in [-0.3, -0.25) is 4.79 Å². The molecule has 0 amide bonds. The van der Waals surface area contributed by atoms with Gasteiger partial charge in [-0.15, -0.1) is 0 Å². The van der Waals surface area contributed by atoms with E-state index in [1.165, 1.54) is 6.08 Å². The third-order valence-electron chi connectivity index (χ3n) is 4.36. The lowest BCUT2D eigenvalue weighted by molar-refractivity contribution is -0.141. The minimum absolute atomic E-state index is 0.0800. The standard InChI is InChI=1S/C17H17Cl2FO4/c18-9-3-10(19)5-12(4-9)23-8-11(20)1-2-13-14-6-17(22)24-16(14)7-15(13)21/h1-5,11,13-16,21H,6-8H2/b2-1+/t11-,13-,14-,15-,16+/m1/s1. The quantitative estimate of drug-likeness (QED) is 0.632. The van der Waals surface area contributed by atoms with E-state index in [2.05, 4.69) is 0 Å². The monoisotopic (exact) mass is 374 g/mol. The van der Waals surface area contributed by atoms with Crippen LogP contribution in [0.3, 0.4) is 0 Å². The number of alkyl halides is 1. The molecule has 0 bridgehead atoms. The number of rotatable bonds is 5. The second-order valence-electron chi connectivity index (χ2n) is 6.09. The number of aliphatic hydroxyl groups is 1. The lowest BCUT2D eigenvalue weighted by atomic mass is 9.91. The Labute approximate surface area is 149 Å². The number of hydrogen-bond donors (Lipinski definition) is 1. The summed E-state index contributed by atoms with van der Waals surface area (Å²) in [7, 11) is 0. The van der Waals surface area contributed by atoms with Crippen molar-refractivity contribution >= 4 is 29.2 Å². The zero-order valence-electron chi connectivity index (χ0n) is 12.7. The minimum Gasteiger partial charge on any atom is -0.490 e. The van der Waals surface area contributed by atoms with Crippen LogP contribution in [0.2, 0.25) is 10.0 Å². The predicted octanol–water partition coefficient (Wildman–Crippen LogP) is 3.58. The van der Waals surface area contributed by atoms with E-state index in [-0.39, 0.29) is 36.9 Å². The largest absolute Gasteiger partial charge is 0.490 e. The first-order chi connectivity index (χ1) is 11.4. The molecular weight excluding hydrogens is 358 g/mol. The Morgan fingerprint density at radius 2 is 2.08 bits per heavy atom. The SMILES string of the molecule is O=C1C[C@@H]2[C@@H](/C=C/[C@@H](F)COc3cc(Cl)cc(Cl)c3)[C@H](O)C[C@@H]2O1. The summed E-state index contributed by atoms with van der Waals surface area (Å²) in [5.74, 6) is -0.225. The van der Waals surface area contributed by atoms with Crippen LogP contribution in [0.25, 0.3) is 0 Å². The van der Waals surface area contributed by atoms with Gasteiger partial charge in [0.15, 0.2) is 6.17 Å². The van der Waals surface area contributed by atoms with Crippen LogP contribution in [0, 0.1) is 11.8 Å². The van der Waals surface area contributed by atoms with Crippen molar-refractivity contribution in [3.8, 4) is 5.75 Å². The van der Waals surface area contributed by atoms with Crippen molar-refractivity contribution in [2.24, 2.45) is 11.8 Å². The van der Waals surface area contributed by atoms with Crippen LogP contribution in [0.1, 0.15) is 12.8 Å². The van der Waals surface area contributed by atoms with E-state index in [4.69, 9.17) is 32.7 Å². The minimum atomic E-state index is -1.35. The number of ether oxygens (including phenoxy) is 2. The molecule has 1 aliphatic heterocycles. The maximum absolute atomic E-state index is 14.0. The number of halogens is 3. The number of carbonyl (C=O) groups excluding carboxylic acids is 1. The van der Waals surface area contributed by atoms with Gasteiger partial charge in [-0.25, -0.2) is 4.39 Å². The van der Waals surface area contributed by atoms with E-state index < -0.39 is 12.3 Å². The normalized spacial score (nSPS) is 30.4. The summed E-state index contributed by atoms with van der Waals surface area (Å²) >= 11 is 11.7. The highest BCUT2D eigenvalue weighted by atomic mass is 35.5. The fourth-order valence-corrected chi connectivity index (χ4v) is 3.78. The molecule has 4 nitrogen and oxygen atoms in total. The lowest BCUT2D eigenvalue weighted by Crippen LogP contribution is -2.19. The molecule has 130 valence electrons. The second-order valence-corrected chi connectivity index (χ2v) is 6.97. The molecule has 0 radical (unpaired) electrons. The third-order valence-corrected chi connectivity index (χ3v) is 4.80. The molecule has 1 N–H and O–H groups in total. The summed E-state index contributed by atoms with van der Waals surface area (Å²) in [4.78, 5) is 11.3. The van der Waals surface area contributed by atoms with Crippen molar-refractivity contribution in [2.45, 2.75) is 31.2 Å². The van der Waals surface area contributed by atoms with Crippen LogP contribution < -0.4 is 4.74 Å². The molecule has 0 aromatic heterocycles. The Bertz CT molecular complexity index is 631. The molecule has 24 heavy (non-hydrogen) atoms. The van der Waals surface area contributed by atoms with Gasteiger partial charge in [0.25, 0.3) is 0 Å². The molecule has 0 unspecified atom stereocenters. The topological polar surface area (TPSA) is 55.8 Å². The Hall–Kier alpha value is -1.30. The highest BCUT2D eigenvalue weighted by Crippen LogP contribution is 2.42. The Balaban J connectivity index is 1.55. The highest BCUT2D eigenvalue weighted by molar-refractivity contribution is 6.34. The van der Waals surface area contributed by atoms with Gasteiger partial charge in [0.1, 0.15) is 18.5 Å². The van der Waals surface area contributed by atoms with Crippen LogP contribution in [0.5, 0.6) is 5.75 Å². The molecule has 1 heterocycles. The zero-order chi connectivity index (χ0) is 17.3. The van der Waals surface area contributed by atoms with Crippen LogP contribution in [0.4, 0.5) is 4.39 Å². The Morgan fingerprint density at radius 3 is 2.79 bits per heavy atom. The van der Waals surface area contributed by atoms with Crippen molar-refractivity contribution in [1.29, 1.82) is 0 Å². The molecule has 7 heteroatoms. The molecule has 1 aromatic carbocycles. The Kier molecular flexibility index (Phi) is 5.33. The van der Waals surface area contributed by atoms with E-state index in [1.54, 1.807) is 24.3 Å².